The van der Waals surface area contributed by atoms with Crippen LogP contribution in [0, 0.1) is 0 Å². The highest BCUT2D eigenvalue weighted by atomic mass is 16.4. The molecule has 2 aliphatic heterocycles. The number of oxazole rings is 1. The first-order valence-electron chi connectivity index (χ1n) is 6.66. The van der Waals surface area contributed by atoms with Gasteiger partial charge in [-0.2, -0.15) is 4.98 Å². The summed E-state index contributed by atoms with van der Waals surface area (Å²) in [6.45, 7) is 2.84. The quantitative estimate of drug-likeness (QED) is 0.744. The molecule has 4 rings (SSSR count). The van der Waals surface area contributed by atoms with Crippen molar-refractivity contribution in [2.45, 2.75) is 6.04 Å². The van der Waals surface area contributed by atoms with Gasteiger partial charge in [-0.25, -0.2) is 4.79 Å². The Bertz CT molecular complexity index is 682. The van der Waals surface area contributed by atoms with Gasteiger partial charge in [-0.3, -0.25) is 0 Å². The molecule has 1 aromatic carbocycles. The highest BCUT2D eigenvalue weighted by Gasteiger charge is 2.36. The molecule has 0 aliphatic carbocycles. The Morgan fingerprint density at radius 2 is 2.30 bits per heavy atom. The van der Waals surface area contributed by atoms with Crippen LogP contribution < -0.4 is 16.0 Å². The van der Waals surface area contributed by atoms with Crippen molar-refractivity contribution in [1.82, 2.24) is 15.2 Å². The molecule has 1 atom stereocenters. The van der Waals surface area contributed by atoms with Gasteiger partial charge in [-0.05, 0) is 12.1 Å². The molecular formula is C13H15N5O2. The molecule has 104 valence electrons. The van der Waals surface area contributed by atoms with Crippen LogP contribution in [0.15, 0.2) is 22.6 Å². The van der Waals surface area contributed by atoms with Crippen molar-refractivity contribution in [3.05, 3.63) is 18.2 Å². The summed E-state index contributed by atoms with van der Waals surface area (Å²) in [4.78, 5) is 20.0. The lowest BCUT2D eigenvalue weighted by Crippen LogP contribution is -2.52. The van der Waals surface area contributed by atoms with Crippen molar-refractivity contribution in [2.24, 2.45) is 0 Å². The molecule has 3 heterocycles. The number of urea groups is 1. The molecule has 2 fully saturated rings. The Morgan fingerprint density at radius 1 is 1.40 bits per heavy atom. The Kier molecular flexibility index (Phi) is 2.29. The molecule has 0 spiro atoms. The minimum absolute atomic E-state index is 0.0278. The average Bonchev–Trinajstić information content (AvgIpc) is 3.02. The molecule has 0 radical (unpaired) electrons. The number of nitrogens with one attached hydrogen (secondary N) is 1. The van der Waals surface area contributed by atoms with E-state index in [-0.39, 0.29) is 12.1 Å². The predicted molar refractivity (Wildman–Crippen MR) is 74.5 cm³/mol. The van der Waals surface area contributed by atoms with E-state index >= 15 is 0 Å². The smallest absolute Gasteiger partial charge is 0.317 e. The standard InChI is InChI=1S/C13H15N5O2/c14-8-1-2-10-11(5-8)20-13(16-10)17-3-4-18-9(7-17)6-15-12(18)19/h1-2,5,9H,3-4,6-7,14H2,(H,15,19). The van der Waals surface area contributed by atoms with Crippen molar-refractivity contribution < 1.29 is 9.21 Å². The third kappa shape index (κ3) is 1.66. The fraction of sp³-hybridized carbons (Fsp3) is 0.385. The monoisotopic (exact) mass is 273 g/mol. The second-order valence-electron chi connectivity index (χ2n) is 5.20. The number of aromatic nitrogens is 1. The van der Waals surface area contributed by atoms with Gasteiger partial charge in [0.2, 0.25) is 0 Å². The van der Waals surface area contributed by atoms with Gasteiger partial charge < -0.3 is 25.3 Å². The molecule has 2 amide bonds. The van der Waals surface area contributed by atoms with Crippen LogP contribution in [-0.2, 0) is 0 Å². The molecule has 1 unspecified atom stereocenters. The molecule has 20 heavy (non-hydrogen) atoms. The lowest BCUT2D eigenvalue weighted by atomic mass is 10.2. The number of hydrogen-bond donors (Lipinski definition) is 2. The minimum Gasteiger partial charge on any atom is -0.423 e. The largest absolute Gasteiger partial charge is 0.423 e. The number of carbonyl (C=O) groups excluding carboxylic acids is 1. The van der Waals surface area contributed by atoms with Crippen LogP contribution in [0.5, 0.6) is 0 Å². The summed E-state index contributed by atoms with van der Waals surface area (Å²) in [6, 6.07) is 6.27. The van der Waals surface area contributed by atoms with Gasteiger partial charge in [-0.15, -0.1) is 0 Å². The topological polar surface area (TPSA) is 87.6 Å². The van der Waals surface area contributed by atoms with Crippen LogP contribution in [0.2, 0.25) is 0 Å². The van der Waals surface area contributed by atoms with Crippen molar-refractivity contribution in [1.29, 1.82) is 0 Å². The molecular weight excluding hydrogens is 258 g/mol. The maximum Gasteiger partial charge on any atom is 0.317 e. The third-order valence-electron chi connectivity index (χ3n) is 3.90. The van der Waals surface area contributed by atoms with E-state index in [4.69, 9.17) is 10.2 Å². The summed E-state index contributed by atoms with van der Waals surface area (Å²) in [7, 11) is 0. The number of benzene rings is 1. The summed E-state index contributed by atoms with van der Waals surface area (Å²) in [5, 5.41) is 2.86. The highest BCUT2D eigenvalue weighted by molar-refractivity contribution is 5.79. The van der Waals surface area contributed by atoms with Gasteiger partial charge in [-0.1, -0.05) is 0 Å². The zero-order valence-corrected chi connectivity index (χ0v) is 10.9. The number of carbonyl (C=O) groups is 1. The van der Waals surface area contributed by atoms with Crippen molar-refractivity contribution in [3.63, 3.8) is 0 Å². The van der Waals surface area contributed by atoms with E-state index < -0.39 is 0 Å². The van der Waals surface area contributed by atoms with Crippen LogP contribution in [0.25, 0.3) is 11.1 Å². The summed E-state index contributed by atoms with van der Waals surface area (Å²) < 4.78 is 5.77. The van der Waals surface area contributed by atoms with Crippen molar-refractivity contribution in [3.8, 4) is 0 Å². The molecule has 0 saturated carbocycles. The Hall–Kier alpha value is -2.44. The predicted octanol–water partition coefficient (Wildman–Crippen LogP) is 0.624. The van der Waals surface area contributed by atoms with Gasteiger partial charge in [0.1, 0.15) is 5.52 Å². The van der Waals surface area contributed by atoms with E-state index in [1.165, 1.54) is 0 Å². The summed E-state index contributed by atoms with van der Waals surface area (Å²) >= 11 is 0. The van der Waals surface area contributed by atoms with Gasteiger partial charge in [0.05, 0.1) is 6.04 Å². The SMILES string of the molecule is Nc1ccc2nc(N3CCN4C(=O)NCC4C3)oc2c1. The Labute approximate surface area is 115 Å². The van der Waals surface area contributed by atoms with E-state index in [1.54, 1.807) is 6.07 Å². The molecule has 2 aliphatic rings. The zero-order valence-electron chi connectivity index (χ0n) is 10.9. The fourth-order valence-corrected chi connectivity index (χ4v) is 2.84. The Balaban J connectivity index is 1.62. The molecule has 7 heteroatoms. The maximum absolute atomic E-state index is 11.6. The number of anilines is 2. The number of piperazine rings is 1. The second-order valence-corrected chi connectivity index (χ2v) is 5.20. The zero-order chi connectivity index (χ0) is 13.7. The second kappa shape index (κ2) is 4.03. The van der Waals surface area contributed by atoms with Crippen molar-refractivity contribution in [2.75, 3.05) is 36.8 Å². The number of fused-ring (bicyclic) bond motifs is 2. The normalized spacial score (nSPS) is 22.2. The number of nitrogens with zero attached hydrogens (tertiary/aromatic N) is 3. The molecule has 2 aromatic rings. The van der Waals surface area contributed by atoms with E-state index in [0.29, 0.717) is 30.4 Å². The third-order valence-corrected chi connectivity index (χ3v) is 3.90. The summed E-state index contributed by atoms with van der Waals surface area (Å²) in [5.74, 6) is 0. The first kappa shape index (κ1) is 11.4. The van der Waals surface area contributed by atoms with Gasteiger partial charge >= 0.3 is 6.03 Å². The van der Waals surface area contributed by atoms with Crippen molar-refractivity contribution >= 4 is 28.8 Å². The summed E-state index contributed by atoms with van der Waals surface area (Å²) in [6.07, 6.45) is 0. The first-order chi connectivity index (χ1) is 9.70. The molecule has 1 aromatic heterocycles. The molecule has 3 N–H and O–H groups in total. The number of rotatable bonds is 1. The minimum atomic E-state index is 0.0278. The van der Waals surface area contributed by atoms with Crippen LogP contribution in [0.1, 0.15) is 0 Å². The number of nitrogen functional groups attached to an aromatic ring is 1. The number of amides is 2. The number of hydrogen-bond acceptors (Lipinski definition) is 5. The molecule has 7 nitrogen and oxygen atoms in total. The molecule has 2 saturated heterocycles. The highest BCUT2D eigenvalue weighted by Crippen LogP contribution is 2.26. The van der Waals surface area contributed by atoms with Crippen LogP contribution in [0.4, 0.5) is 16.5 Å². The van der Waals surface area contributed by atoms with E-state index in [0.717, 1.165) is 18.6 Å². The van der Waals surface area contributed by atoms with Crippen LogP contribution in [-0.4, -0.2) is 48.1 Å². The first-order valence-corrected chi connectivity index (χ1v) is 6.66. The van der Waals surface area contributed by atoms with Crippen LogP contribution >= 0.6 is 0 Å². The van der Waals surface area contributed by atoms with E-state index in [2.05, 4.69) is 15.2 Å². The van der Waals surface area contributed by atoms with Crippen LogP contribution in [0.3, 0.4) is 0 Å². The molecule has 0 bridgehead atoms. The van der Waals surface area contributed by atoms with Gasteiger partial charge in [0.25, 0.3) is 6.01 Å². The maximum atomic E-state index is 11.6. The Morgan fingerprint density at radius 3 is 3.20 bits per heavy atom. The lowest BCUT2D eigenvalue weighted by Gasteiger charge is -2.35. The van der Waals surface area contributed by atoms with E-state index in [1.807, 2.05) is 17.0 Å². The fourth-order valence-electron chi connectivity index (χ4n) is 2.84. The number of nitrogens with two attached hydrogens (primary N) is 1. The summed E-state index contributed by atoms with van der Waals surface area (Å²) in [5.41, 5.74) is 7.91. The lowest BCUT2D eigenvalue weighted by molar-refractivity contribution is 0.196. The van der Waals surface area contributed by atoms with E-state index in [9.17, 15) is 4.79 Å². The van der Waals surface area contributed by atoms with Gasteiger partial charge in [0, 0.05) is 37.9 Å². The van der Waals surface area contributed by atoms with Gasteiger partial charge in [0.15, 0.2) is 5.58 Å². The average molecular weight is 273 g/mol.